The van der Waals surface area contributed by atoms with Crippen LogP contribution in [-0.2, 0) is 20.8 Å². The van der Waals surface area contributed by atoms with Crippen molar-refractivity contribution in [1.82, 2.24) is 0 Å². The first kappa shape index (κ1) is 15.3. The number of alkyl halides is 1. The summed E-state index contributed by atoms with van der Waals surface area (Å²) in [5, 5.41) is 0.737. The molecule has 1 aliphatic carbocycles. The van der Waals surface area contributed by atoms with Gasteiger partial charge in [0, 0.05) is 17.0 Å². The van der Waals surface area contributed by atoms with Crippen LogP contribution < -0.4 is 0 Å². The molecule has 1 aliphatic rings. The second-order valence-electron chi connectivity index (χ2n) is 4.56. The Morgan fingerprint density at radius 3 is 2.84 bits per heavy atom. The van der Waals surface area contributed by atoms with Gasteiger partial charge in [0.2, 0.25) is 0 Å². The molecule has 0 aliphatic heterocycles. The van der Waals surface area contributed by atoms with Crippen molar-refractivity contribution in [3.8, 4) is 0 Å². The van der Waals surface area contributed by atoms with E-state index < -0.39 is 0 Å². The highest BCUT2D eigenvalue weighted by atomic mass is 79.9. The lowest BCUT2D eigenvalue weighted by Crippen LogP contribution is -2.51. The fraction of sp³-hybridized carbons (Fsp3) is 0.571. The summed E-state index contributed by atoms with van der Waals surface area (Å²) >= 11 is 9.53. The summed E-state index contributed by atoms with van der Waals surface area (Å²) in [6.45, 7) is 1.77. The highest BCUT2D eigenvalue weighted by Gasteiger charge is 2.41. The second kappa shape index (κ2) is 7.60. The van der Waals surface area contributed by atoms with Crippen LogP contribution in [0.5, 0.6) is 0 Å². The number of halogens is 2. The van der Waals surface area contributed by atoms with Crippen molar-refractivity contribution < 1.29 is 14.2 Å². The van der Waals surface area contributed by atoms with E-state index in [1.54, 1.807) is 7.11 Å². The molecule has 19 heavy (non-hydrogen) atoms. The highest BCUT2D eigenvalue weighted by Crippen LogP contribution is 2.33. The third kappa shape index (κ3) is 4.43. The van der Waals surface area contributed by atoms with Gasteiger partial charge in [-0.1, -0.05) is 39.7 Å². The maximum absolute atomic E-state index is 5.94. The largest absolute Gasteiger partial charge is 0.382 e. The van der Waals surface area contributed by atoms with Gasteiger partial charge < -0.3 is 14.2 Å². The summed E-state index contributed by atoms with van der Waals surface area (Å²) in [6, 6.07) is 7.73. The number of ether oxygens (including phenoxy) is 3. The van der Waals surface area contributed by atoms with E-state index in [-0.39, 0.29) is 12.2 Å². The van der Waals surface area contributed by atoms with E-state index in [0.717, 1.165) is 17.0 Å². The molecule has 0 N–H and O–H groups in total. The SMILES string of the molecule is COCCOC1C(Br)CC1OCc1cccc(Cl)c1. The van der Waals surface area contributed by atoms with Crippen LogP contribution in [0.4, 0.5) is 0 Å². The van der Waals surface area contributed by atoms with Crippen molar-refractivity contribution in [1.29, 1.82) is 0 Å². The first-order valence-electron chi connectivity index (χ1n) is 6.31. The molecule has 0 aromatic heterocycles. The van der Waals surface area contributed by atoms with E-state index in [0.29, 0.717) is 24.6 Å². The van der Waals surface area contributed by atoms with Crippen LogP contribution in [0.3, 0.4) is 0 Å². The number of hydrogen-bond donors (Lipinski definition) is 0. The number of benzene rings is 1. The first-order chi connectivity index (χ1) is 9.20. The second-order valence-corrected chi connectivity index (χ2v) is 6.17. The minimum atomic E-state index is 0.106. The molecule has 1 aromatic rings. The van der Waals surface area contributed by atoms with Crippen LogP contribution in [0, 0.1) is 0 Å². The van der Waals surface area contributed by atoms with E-state index in [1.165, 1.54) is 0 Å². The van der Waals surface area contributed by atoms with Crippen molar-refractivity contribution in [3.63, 3.8) is 0 Å². The molecule has 0 radical (unpaired) electrons. The van der Waals surface area contributed by atoms with Crippen LogP contribution in [0.25, 0.3) is 0 Å². The average molecular weight is 350 g/mol. The van der Waals surface area contributed by atoms with Gasteiger partial charge in [0.15, 0.2) is 0 Å². The molecule has 5 heteroatoms. The predicted octanol–water partition coefficient (Wildman–Crippen LogP) is 3.42. The Kier molecular flexibility index (Phi) is 6.10. The van der Waals surface area contributed by atoms with Crippen molar-refractivity contribution >= 4 is 27.5 Å². The molecule has 0 spiro atoms. The molecule has 3 atom stereocenters. The Balaban J connectivity index is 1.76. The van der Waals surface area contributed by atoms with Gasteiger partial charge in [-0.3, -0.25) is 0 Å². The van der Waals surface area contributed by atoms with Gasteiger partial charge in [-0.25, -0.2) is 0 Å². The van der Waals surface area contributed by atoms with Crippen molar-refractivity contribution in [2.75, 3.05) is 20.3 Å². The zero-order valence-corrected chi connectivity index (χ0v) is 13.2. The van der Waals surface area contributed by atoms with E-state index in [2.05, 4.69) is 15.9 Å². The fourth-order valence-electron chi connectivity index (χ4n) is 2.00. The maximum Gasteiger partial charge on any atom is 0.0963 e. The number of hydrogen-bond acceptors (Lipinski definition) is 3. The molecule has 1 saturated carbocycles. The molecule has 0 bridgehead atoms. The minimum Gasteiger partial charge on any atom is -0.382 e. The molecule has 106 valence electrons. The van der Waals surface area contributed by atoms with Crippen LogP contribution in [0.15, 0.2) is 24.3 Å². The van der Waals surface area contributed by atoms with Gasteiger partial charge in [0.1, 0.15) is 0 Å². The summed E-state index contributed by atoms with van der Waals surface area (Å²) in [5.41, 5.74) is 1.08. The summed E-state index contributed by atoms with van der Waals surface area (Å²) in [4.78, 5) is 0.369. The average Bonchev–Trinajstić information content (AvgIpc) is 2.39. The molecule has 2 rings (SSSR count). The van der Waals surface area contributed by atoms with Gasteiger partial charge in [0.25, 0.3) is 0 Å². The van der Waals surface area contributed by atoms with Crippen molar-refractivity contribution in [2.24, 2.45) is 0 Å². The lowest BCUT2D eigenvalue weighted by molar-refractivity contribution is -0.132. The van der Waals surface area contributed by atoms with E-state index >= 15 is 0 Å². The van der Waals surface area contributed by atoms with Crippen LogP contribution in [0.2, 0.25) is 5.02 Å². The van der Waals surface area contributed by atoms with E-state index in [4.69, 9.17) is 25.8 Å². The molecular weight excluding hydrogens is 332 g/mol. The fourth-order valence-corrected chi connectivity index (χ4v) is 3.07. The Morgan fingerprint density at radius 1 is 1.32 bits per heavy atom. The van der Waals surface area contributed by atoms with Crippen LogP contribution >= 0.6 is 27.5 Å². The van der Waals surface area contributed by atoms with Gasteiger partial charge in [-0.15, -0.1) is 0 Å². The topological polar surface area (TPSA) is 27.7 Å². The highest BCUT2D eigenvalue weighted by molar-refractivity contribution is 9.09. The quantitative estimate of drug-likeness (QED) is 0.557. The third-order valence-corrected chi connectivity index (χ3v) is 4.26. The Labute approximate surface area is 127 Å². The summed E-state index contributed by atoms with van der Waals surface area (Å²) in [7, 11) is 1.67. The van der Waals surface area contributed by atoms with Crippen LogP contribution in [0.1, 0.15) is 12.0 Å². The standard InChI is InChI=1S/C14H18BrClO3/c1-17-5-6-18-14-12(15)8-13(14)19-9-10-3-2-4-11(16)7-10/h2-4,7,12-14H,5-6,8-9H2,1H3. The molecule has 0 saturated heterocycles. The van der Waals surface area contributed by atoms with Crippen LogP contribution in [-0.4, -0.2) is 37.4 Å². The Hall–Kier alpha value is -0.130. The van der Waals surface area contributed by atoms with E-state index in [1.807, 2.05) is 24.3 Å². The molecule has 0 heterocycles. The smallest absolute Gasteiger partial charge is 0.0963 e. The summed E-state index contributed by atoms with van der Waals surface area (Å²) in [5.74, 6) is 0. The van der Waals surface area contributed by atoms with Gasteiger partial charge in [-0.2, -0.15) is 0 Å². The first-order valence-corrected chi connectivity index (χ1v) is 7.60. The Bertz CT molecular complexity index is 402. The van der Waals surface area contributed by atoms with E-state index in [9.17, 15) is 0 Å². The number of methoxy groups -OCH3 is 1. The maximum atomic E-state index is 5.94. The Morgan fingerprint density at radius 2 is 2.16 bits per heavy atom. The third-order valence-electron chi connectivity index (χ3n) is 3.13. The molecule has 1 aromatic carbocycles. The van der Waals surface area contributed by atoms with Gasteiger partial charge >= 0.3 is 0 Å². The molecule has 3 unspecified atom stereocenters. The molecule has 0 amide bonds. The summed E-state index contributed by atoms with van der Waals surface area (Å²) < 4.78 is 16.6. The monoisotopic (exact) mass is 348 g/mol. The number of rotatable bonds is 7. The molecule has 3 nitrogen and oxygen atoms in total. The molecular formula is C14H18BrClO3. The lowest BCUT2D eigenvalue weighted by atomic mass is 9.91. The minimum absolute atomic E-state index is 0.106. The zero-order valence-electron chi connectivity index (χ0n) is 10.9. The van der Waals surface area contributed by atoms with Gasteiger partial charge in [0.05, 0.1) is 32.0 Å². The molecule has 1 fully saturated rings. The predicted molar refractivity (Wildman–Crippen MR) is 79.0 cm³/mol. The lowest BCUT2D eigenvalue weighted by Gasteiger charge is -2.40. The summed E-state index contributed by atoms with van der Waals surface area (Å²) in [6.07, 6.45) is 1.22. The van der Waals surface area contributed by atoms with Crippen molar-refractivity contribution in [2.45, 2.75) is 30.1 Å². The zero-order chi connectivity index (χ0) is 13.7. The van der Waals surface area contributed by atoms with Gasteiger partial charge in [-0.05, 0) is 24.1 Å². The van der Waals surface area contributed by atoms with Crippen molar-refractivity contribution in [3.05, 3.63) is 34.9 Å². The normalized spacial score (nSPS) is 26.2.